The van der Waals surface area contributed by atoms with Crippen LogP contribution in [-0.2, 0) is 4.79 Å². The Kier molecular flexibility index (Phi) is 6.00. The van der Waals surface area contributed by atoms with Crippen LogP contribution in [0.2, 0.25) is 0 Å². The number of hydrogen-bond acceptors (Lipinski definition) is 4. The van der Waals surface area contributed by atoms with Crippen LogP contribution in [-0.4, -0.2) is 18.0 Å². The topological polar surface area (TPSA) is 51.2 Å². The summed E-state index contributed by atoms with van der Waals surface area (Å²) in [7, 11) is 1.60. The lowest BCUT2D eigenvalue weighted by Crippen LogP contribution is -2.19. The number of anilines is 1. The van der Waals surface area contributed by atoms with Crippen LogP contribution in [0.1, 0.15) is 16.4 Å². The summed E-state index contributed by atoms with van der Waals surface area (Å²) in [6.07, 6.45) is 1.79. The molecule has 5 heteroatoms. The van der Waals surface area contributed by atoms with Crippen LogP contribution in [0, 0.1) is 6.92 Å². The number of hydrogen-bond donors (Lipinski definition) is 1. The van der Waals surface area contributed by atoms with Crippen LogP contribution in [0.5, 0.6) is 5.75 Å². The van der Waals surface area contributed by atoms with Gasteiger partial charge < -0.3 is 10.1 Å². The molecule has 1 atom stereocenters. The van der Waals surface area contributed by atoms with Gasteiger partial charge in [0.1, 0.15) is 11.0 Å². The van der Waals surface area contributed by atoms with Gasteiger partial charge in [0.25, 0.3) is 0 Å². The second kappa shape index (κ2) is 9.01. The maximum absolute atomic E-state index is 13.4. The van der Waals surface area contributed by atoms with Crippen molar-refractivity contribution in [2.24, 2.45) is 0 Å². The minimum atomic E-state index is -0.428. The maximum atomic E-state index is 13.4. The molecule has 30 heavy (non-hydrogen) atoms. The SMILES string of the molecule is COc1ccc(C)cc1NC(=O)C(Sc1ccnc2ccccc12)c1ccccc1. The summed E-state index contributed by atoms with van der Waals surface area (Å²) in [6.45, 7) is 1.99. The van der Waals surface area contributed by atoms with Gasteiger partial charge in [-0.1, -0.05) is 54.6 Å². The molecule has 1 unspecified atom stereocenters. The predicted molar refractivity (Wildman–Crippen MR) is 123 cm³/mol. The van der Waals surface area contributed by atoms with Gasteiger partial charge in [-0.15, -0.1) is 11.8 Å². The second-order valence-electron chi connectivity index (χ2n) is 6.93. The number of fused-ring (bicyclic) bond motifs is 1. The minimum Gasteiger partial charge on any atom is -0.495 e. The van der Waals surface area contributed by atoms with Gasteiger partial charge in [0.2, 0.25) is 5.91 Å². The van der Waals surface area contributed by atoms with Crippen molar-refractivity contribution >= 4 is 34.3 Å². The lowest BCUT2D eigenvalue weighted by Gasteiger charge is -2.19. The highest BCUT2D eigenvalue weighted by Gasteiger charge is 2.24. The molecule has 1 heterocycles. The summed E-state index contributed by atoms with van der Waals surface area (Å²) in [5.74, 6) is 0.538. The number of aromatic nitrogens is 1. The van der Waals surface area contributed by atoms with E-state index in [0.29, 0.717) is 11.4 Å². The van der Waals surface area contributed by atoms with E-state index in [1.54, 1.807) is 13.3 Å². The highest BCUT2D eigenvalue weighted by molar-refractivity contribution is 8.00. The number of carbonyl (C=O) groups is 1. The van der Waals surface area contributed by atoms with E-state index in [1.807, 2.05) is 85.8 Å². The molecule has 4 nitrogen and oxygen atoms in total. The molecule has 1 amide bonds. The van der Waals surface area contributed by atoms with E-state index in [-0.39, 0.29) is 5.91 Å². The average Bonchev–Trinajstić information content (AvgIpc) is 2.78. The molecule has 0 fully saturated rings. The van der Waals surface area contributed by atoms with Crippen LogP contribution in [0.15, 0.2) is 90.0 Å². The molecule has 1 aromatic heterocycles. The fourth-order valence-electron chi connectivity index (χ4n) is 3.32. The molecule has 0 saturated heterocycles. The van der Waals surface area contributed by atoms with E-state index in [1.165, 1.54) is 11.8 Å². The van der Waals surface area contributed by atoms with Crippen molar-refractivity contribution in [3.05, 3.63) is 96.2 Å². The fourth-order valence-corrected chi connectivity index (χ4v) is 4.47. The molecular weight excluding hydrogens is 392 g/mol. The number of nitrogens with zero attached hydrogens (tertiary/aromatic N) is 1. The monoisotopic (exact) mass is 414 g/mol. The number of ether oxygens (including phenoxy) is 1. The van der Waals surface area contributed by atoms with E-state index in [0.717, 1.165) is 26.9 Å². The molecule has 0 saturated carbocycles. The molecule has 0 spiro atoms. The van der Waals surface area contributed by atoms with Gasteiger partial charge in [-0.2, -0.15) is 0 Å². The van der Waals surface area contributed by atoms with E-state index in [4.69, 9.17) is 4.74 Å². The van der Waals surface area contributed by atoms with Crippen LogP contribution in [0.3, 0.4) is 0 Å². The van der Waals surface area contributed by atoms with Gasteiger partial charge in [-0.25, -0.2) is 0 Å². The van der Waals surface area contributed by atoms with E-state index >= 15 is 0 Å². The number of pyridine rings is 1. The van der Waals surface area contributed by atoms with Gasteiger partial charge in [0.15, 0.2) is 0 Å². The Labute approximate surface area is 180 Å². The van der Waals surface area contributed by atoms with Crippen molar-refractivity contribution in [3.8, 4) is 5.75 Å². The molecule has 150 valence electrons. The summed E-state index contributed by atoms with van der Waals surface area (Å²) in [5.41, 5.74) is 3.57. The number of benzene rings is 3. The number of carbonyl (C=O) groups excluding carboxylic acids is 1. The maximum Gasteiger partial charge on any atom is 0.242 e. The fraction of sp³-hybridized carbons (Fsp3) is 0.120. The minimum absolute atomic E-state index is 0.101. The highest BCUT2D eigenvalue weighted by Crippen LogP contribution is 2.39. The van der Waals surface area contributed by atoms with Gasteiger partial charge in [0.05, 0.1) is 18.3 Å². The van der Waals surface area contributed by atoms with Crippen molar-refractivity contribution in [1.29, 1.82) is 0 Å². The summed E-state index contributed by atoms with van der Waals surface area (Å²) in [4.78, 5) is 18.9. The lowest BCUT2D eigenvalue weighted by atomic mass is 10.1. The largest absolute Gasteiger partial charge is 0.495 e. The zero-order chi connectivity index (χ0) is 20.9. The third-order valence-electron chi connectivity index (χ3n) is 4.81. The molecule has 3 aromatic carbocycles. The lowest BCUT2D eigenvalue weighted by molar-refractivity contribution is -0.115. The van der Waals surface area contributed by atoms with Gasteiger partial charge in [-0.05, 0) is 42.3 Å². The van der Waals surface area contributed by atoms with E-state index in [9.17, 15) is 4.79 Å². The van der Waals surface area contributed by atoms with Crippen molar-refractivity contribution in [2.45, 2.75) is 17.1 Å². The number of aryl methyl sites for hydroxylation is 1. The summed E-state index contributed by atoms with van der Waals surface area (Å²) >= 11 is 1.52. The summed E-state index contributed by atoms with van der Waals surface area (Å²) < 4.78 is 5.43. The third-order valence-corrected chi connectivity index (χ3v) is 6.14. The zero-order valence-corrected chi connectivity index (χ0v) is 17.6. The normalized spacial score (nSPS) is 11.8. The van der Waals surface area contributed by atoms with Crippen molar-refractivity contribution < 1.29 is 9.53 Å². The Morgan fingerprint density at radius 2 is 1.77 bits per heavy atom. The molecular formula is C25H22N2O2S. The number of methoxy groups -OCH3 is 1. The molecule has 4 rings (SSSR count). The first kappa shape index (κ1) is 20.0. The number of amides is 1. The highest BCUT2D eigenvalue weighted by atomic mass is 32.2. The Bertz CT molecular complexity index is 1170. The van der Waals surface area contributed by atoms with Crippen molar-refractivity contribution in [2.75, 3.05) is 12.4 Å². The molecule has 4 aromatic rings. The summed E-state index contributed by atoms with van der Waals surface area (Å²) in [6, 6.07) is 25.5. The third kappa shape index (κ3) is 4.31. The Morgan fingerprint density at radius 1 is 1.00 bits per heavy atom. The first-order chi connectivity index (χ1) is 14.7. The van der Waals surface area contributed by atoms with Gasteiger partial charge in [-0.3, -0.25) is 9.78 Å². The molecule has 0 bridgehead atoms. The predicted octanol–water partition coefficient (Wildman–Crippen LogP) is 6.02. The first-order valence-corrected chi connectivity index (χ1v) is 10.5. The molecule has 0 aliphatic rings. The Balaban J connectivity index is 1.70. The smallest absolute Gasteiger partial charge is 0.242 e. The number of rotatable bonds is 6. The Morgan fingerprint density at radius 3 is 2.57 bits per heavy atom. The Hall–Kier alpha value is -3.31. The van der Waals surface area contributed by atoms with E-state index < -0.39 is 5.25 Å². The molecule has 0 radical (unpaired) electrons. The second-order valence-corrected chi connectivity index (χ2v) is 8.07. The summed E-state index contributed by atoms with van der Waals surface area (Å²) in [5, 5.41) is 3.67. The van der Waals surface area contributed by atoms with Crippen LogP contribution < -0.4 is 10.1 Å². The molecule has 1 N–H and O–H groups in total. The number of thioether (sulfide) groups is 1. The van der Waals surface area contributed by atoms with Gasteiger partial charge in [0, 0.05) is 16.5 Å². The first-order valence-electron chi connectivity index (χ1n) is 9.66. The molecule has 0 aliphatic heterocycles. The zero-order valence-electron chi connectivity index (χ0n) is 16.8. The number of para-hydroxylation sites is 1. The quantitative estimate of drug-likeness (QED) is 0.392. The van der Waals surface area contributed by atoms with Crippen LogP contribution in [0.4, 0.5) is 5.69 Å². The van der Waals surface area contributed by atoms with Crippen LogP contribution >= 0.6 is 11.8 Å². The average molecular weight is 415 g/mol. The van der Waals surface area contributed by atoms with Crippen molar-refractivity contribution in [3.63, 3.8) is 0 Å². The standard InChI is InChI=1S/C25H22N2O2S/c1-17-12-13-22(29-2)21(16-17)27-25(28)24(18-8-4-3-5-9-18)30-23-14-15-26-20-11-7-6-10-19(20)23/h3-16,24H,1-2H3,(H,27,28). The van der Waals surface area contributed by atoms with E-state index in [2.05, 4.69) is 10.3 Å². The number of nitrogens with one attached hydrogen (secondary N) is 1. The van der Waals surface area contributed by atoms with Crippen molar-refractivity contribution in [1.82, 2.24) is 4.98 Å². The van der Waals surface area contributed by atoms with Gasteiger partial charge >= 0.3 is 0 Å². The van der Waals surface area contributed by atoms with Crippen LogP contribution in [0.25, 0.3) is 10.9 Å². The molecule has 0 aliphatic carbocycles.